The number of allylic oxidation sites excluding steroid dienone is 1. The molecule has 9 nitrogen and oxygen atoms in total. The van der Waals surface area contributed by atoms with E-state index in [2.05, 4.69) is 34.6 Å². The fourth-order valence-electron chi connectivity index (χ4n) is 4.76. The molecule has 2 fully saturated rings. The molecule has 0 saturated carbocycles. The molecule has 4 rings (SSSR count). The summed E-state index contributed by atoms with van der Waals surface area (Å²) in [5.41, 5.74) is -0.885. The van der Waals surface area contributed by atoms with Gasteiger partial charge in [0.15, 0.2) is 5.76 Å². The SMILES string of the molecule is C[Si](C)(C)CCOCC1CC(Cl)=C(OCC2CCC(CC(=O)N3CCN(c4ncc(C(F)(F)F)cn4)CC3)O2)C=N1. The predicted octanol–water partition coefficient (Wildman–Crippen LogP) is 4.75. The molecule has 4 heterocycles. The van der Waals surface area contributed by atoms with Crippen molar-refractivity contribution in [1.29, 1.82) is 0 Å². The van der Waals surface area contributed by atoms with Crippen LogP contribution in [0.5, 0.6) is 0 Å². The molecule has 0 bridgehead atoms. The average molecular weight is 618 g/mol. The van der Waals surface area contributed by atoms with Crippen molar-refractivity contribution in [2.75, 3.05) is 50.9 Å². The first-order chi connectivity index (χ1) is 19.4. The maximum Gasteiger partial charge on any atom is 0.419 e. The van der Waals surface area contributed by atoms with Gasteiger partial charge >= 0.3 is 6.18 Å². The van der Waals surface area contributed by atoms with Gasteiger partial charge in [0.05, 0.1) is 48.1 Å². The van der Waals surface area contributed by atoms with E-state index >= 15 is 0 Å². The molecule has 3 atom stereocenters. The molecule has 0 radical (unpaired) electrons. The number of dihydropyridines is 1. The van der Waals surface area contributed by atoms with Crippen LogP contribution in [0.15, 0.2) is 28.2 Å². The molecule has 1 aromatic heterocycles. The number of aliphatic imine (C=N–C) groups is 1. The van der Waals surface area contributed by atoms with Gasteiger partial charge < -0.3 is 24.0 Å². The van der Waals surface area contributed by atoms with E-state index in [1.165, 1.54) is 0 Å². The van der Waals surface area contributed by atoms with Gasteiger partial charge in [-0.1, -0.05) is 31.2 Å². The lowest BCUT2D eigenvalue weighted by atomic mass is 10.1. The summed E-state index contributed by atoms with van der Waals surface area (Å²) in [4.78, 5) is 28.6. The highest BCUT2D eigenvalue weighted by atomic mass is 35.5. The van der Waals surface area contributed by atoms with Crippen molar-refractivity contribution in [1.82, 2.24) is 14.9 Å². The number of aromatic nitrogens is 2. The minimum Gasteiger partial charge on any atom is -0.488 e. The molecule has 41 heavy (non-hydrogen) atoms. The van der Waals surface area contributed by atoms with Crippen LogP contribution in [0.25, 0.3) is 0 Å². The number of piperazine rings is 1. The topological polar surface area (TPSA) is 89.4 Å². The third kappa shape index (κ3) is 9.65. The molecule has 0 aromatic carbocycles. The zero-order valence-corrected chi connectivity index (χ0v) is 25.6. The lowest BCUT2D eigenvalue weighted by molar-refractivity contribution is -0.138. The highest BCUT2D eigenvalue weighted by Gasteiger charge is 2.33. The molecule has 1 aromatic rings. The van der Waals surface area contributed by atoms with Gasteiger partial charge in [-0.3, -0.25) is 9.79 Å². The summed E-state index contributed by atoms with van der Waals surface area (Å²) in [6.07, 6.45) is 0.852. The second-order valence-corrected chi connectivity index (χ2v) is 18.0. The smallest absolute Gasteiger partial charge is 0.419 e. The number of amides is 1. The maximum atomic E-state index is 12.9. The third-order valence-electron chi connectivity index (χ3n) is 7.29. The monoisotopic (exact) mass is 617 g/mol. The van der Waals surface area contributed by atoms with Gasteiger partial charge in [-0.2, -0.15) is 13.2 Å². The van der Waals surface area contributed by atoms with Crippen LogP contribution in [0.3, 0.4) is 0 Å². The Morgan fingerprint density at radius 1 is 1.10 bits per heavy atom. The Labute approximate surface area is 245 Å². The fraction of sp³-hybridized carbons (Fsp3) is 0.704. The minimum atomic E-state index is -4.47. The van der Waals surface area contributed by atoms with Crippen LogP contribution >= 0.6 is 11.6 Å². The number of anilines is 1. The largest absolute Gasteiger partial charge is 0.488 e. The first kappa shape index (κ1) is 31.7. The summed E-state index contributed by atoms with van der Waals surface area (Å²) in [5.74, 6) is 0.780. The zero-order chi connectivity index (χ0) is 29.6. The van der Waals surface area contributed by atoms with Crippen LogP contribution in [-0.4, -0.2) is 99.3 Å². The second-order valence-electron chi connectivity index (χ2n) is 11.9. The fourth-order valence-corrected chi connectivity index (χ4v) is 5.80. The van der Waals surface area contributed by atoms with E-state index in [9.17, 15) is 18.0 Å². The lowest BCUT2D eigenvalue weighted by Gasteiger charge is -2.35. The molecule has 1 amide bonds. The van der Waals surface area contributed by atoms with Crippen molar-refractivity contribution >= 4 is 37.7 Å². The summed E-state index contributed by atoms with van der Waals surface area (Å²) in [6, 6.07) is 1.12. The van der Waals surface area contributed by atoms with Crippen LogP contribution in [-0.2, 0) is 25.2 Å². The van der Waals surface area contributed by atoms with Gasteiger partial charge in [-0.15, -0.1) is 0 Å². The molecule has 14 heteroatoms. The van der Waals surface area contributed by atoms with Gasteiger partial charge in [0, 0.05) is 59.7 Å². The number of hydrogen-bond acceptors (Lipinski definition) is 8. The third-order valence-corrected chi connectivity index (χ3v) is 9.34. The molecule has 3 aliphatic heterocycles. The van der Waals surface area contributed by atoms with Gasteiger partial charge in [0.1, 0.15) is 6.61 Å². The number of carbonyl (C=O) groups excluding carboxylic acids is 1. The first-order valence-corrected chi connectivity index (χ1v) is 18.2. The van der Waals surface area contributed by atoms with E-state index < -0.39 is 19.8 Å². The summed E-state index contributed by atoms with van der Waals surface area (Å²) < 4.78 is 56.0. The molecular formula is C27H39ClF3N5O4Si. The molecule has 0 spiro atoms. The number of carbonyl (C=O) groups is 1. The van der Waals surface area contributed by atoms with Crippen molar-refractivity contribution in [3.8, 4) is 0 Å². The Morgan fingerprint density at radius 2 is 1.78 bits per heavy atom. The van der Waals surface area contributed by atoms with Gasteiger partial charge in [0.2, 0.25) is 11.9 Å². The van der Waals surface area contributed by atoms with E-state index in [4.69, 9.17) is 25.8 Å². The summed E-state index contributed by atoms with van der Waals surface area (Å²) >= 11 is 6.47. The number of halogens is 4. The maximum absolute atomic E-state index is 12.9. The Kier molecular flexibility index (Phi) is 10.7. The summed E-state index contributed by atoms with van der Waals surface area (Å²) in [5, 5.41) is 0.629. The lowest BCUT2D eigenvalue weighted by Crippen LogP contribution is -2.49. The molecule has 0 N–H and O–H groups in total. The van der Waals surface area contributed by atoms with Gasteiger partial charge in [-0.05, 0) is 18.9 Å². The highest BCUT2D eigenvalue weighted by molar-refractivity contribution is 6.76. The first-order valence-electron chi connectivity index (χ1n) is 14.1. The molecule has 3 unspecified atom stereocenters. The van der Waals surface area contributed by atoms with Gasteiger partial charge in [-0.25, -0.2) is 9.97 Å². The van der Waals surface area contributed by atoms with Crippen molar-refractivity contribution in [2.45, 2.75) is 75.8 Å². The standard InChI is InChI=1S/C27H39ClF3N5O4Si/c1-41(2,3)11-10-38-17-20-12-23(28)24(16-32-20)39-18-22-5-4-21(40-22)13-25(37)35-6-8-36(9-7-35)26-33-14-19(15-34-26)27(29,30)31/h14-16,20-22H,4-13,17-18H2,1-3H3. The van der Waals surface area contributed by atoms with Crippen LogP contribution in [0.2, 0.25) is 25.7 Å². The van der Waals surface area contributed by atoms with Crippen LogP contribution in [0.4, 0.5) is 19.1 Å². The van der Waals surface area contributed by atoms with E-state index in [-0.39, 0.29) is 36.5 Å². The van der Waals surface area contributed by atoms with Crippen LogP contribution in [0, 0.1) is 0 Å². The van der Waals surface area contributed by atoms with Crippen LogP contribution in [0.1, 0.15) is 31.2 Å². The normalized spacial score (nSPS) is 23.8. The molecular weight excluding hydrogens is 579 g/mol. The van der Waals surface area contributed by atoms with Crippen molar-refractivity contribution in [3.05, 3.63) is 28.7 Å². The number of rotatable bonds is 11. The highest BCUT2D eigenvalue weighted by Crippen LogP contribution is 2.29. The van der Waals surface area contributed by atoms with Crippen molar-refractivity contribution < 1.29 is 32.2 Å². The average Bonchev–Trinajstić information content (AvgIpc) is 3.37. The Morgan fingerprint density at radius 3 is 2.41 bits per heavy atom. The molecule has 0 aliphatic carbocycles. The molecule has 3 aliphatic rings. The van der Waals surface area contributed by atoms with Gasteiger partial charge in [0.25, 0.3) is 0 Å². The predicted molar refractivity (Wildman–Crippen MR) is 153 cm³/mol. The number of nitrogens with zero attached hydrogens (tertiary/aromatic N) is 5. The quantitative estimate of drug-likeness (QED) is 0.262. The number of alkyl halides is 3. The van der Waals surface area contributed by atoms with E-state index in [0.717, 1.165) is 37.9 Å². The Bertz CT molecular complexity index is 1090. The molecule has 2 saturated heterocycles. The Hall–Kier alpha value is -2.22. The van der Waals surface area contributed by atoms with Crippen LogP contribution < -0.4 is 4.90 Å². The second kappa shape index (κ2) is 13.8. The Balaban J connectivity index is 1.13. The number of hydrogen-bond donors (Lipinski definition) is 0. The van der Waals surface area contributed by atoms with Crippen molar-refractivity contribution in [3.63, 3.8) is 0 Å². The summed E-state index contributed by atoms with van der Waals surface area (Å²) in [6.45, 7) is 10.4. The van der Waals surface area contributed by atoms with E-state index in [1.807, 2.05) is 0 Å². The minimum absolute atomic E-state index is 0.000985. The summed E-state index contributed by atoms with van der Waals surface area (Å²) in [7, 11) is -1.12. The van der Waals surface area contributed by atoms with E-state index in [1.54, 1.807) is 16.0 Å². The van der Waals surface area contributed by atoms with E-state index in [0.29, 0.717) is 56.6 Å². The number of ether oxygens (including phenoxy) is 3. The van der Waals surface area contributed by atoms with Crippen molar-refractivity contribution in [2.24, 2.45) is 4.99 Å². The zero-order valence-electron chi connectivity index (χ0n) is 23.8. The molecule has 228 valence electrons.